The molecule has 4 nitrogen and oxygen atoms in total. The maximum absolute atomic E-state index is 5.30. The molecule has 0 fully saturated rings. The highest BCUT2D eigenvalue weighted by Gasteiger charge is 2.41. The minimum Gasteiger partial charge on any atom is -0.228 e. The summed E-state index contributed by atoms with van der Waals surface area (Å²) < 4.78 is 0. The van der Waals surface area contributed by atoms with E-state index in [-0.39, 0.29) is 0 Å². The predicted octanol–water partition coefficient (Wildman–Crippen LogP) is 7.89. The van der Waals surface area contributed by atoms with Crippen LogP contribution in [0, 0.1) is 0 Å². The van der Waals surface area contributed by atoms with Gasteiger partial charge in [0.2, 0.25) is 0 Å². The zero-order valence-electron chi connectivity index (χ0n) is 24.0. The van der Waals surface area contributed by atoms with Gasteiger partial charge in [0.15, 0.2) is 11.6 Å². The number of hydrogen-bond donors (Lipinski definition) is 0. The van der Waals surface area contributed by atoms with Crippen LogP contribution >= 0.6 is 0 Å². The molecule has 0 saturated carbocycles. The van der Waals surface area contributed by atoms with E-state index in [1.54, 1.807) is 0 Å². The van der Waals surface area contributed by atoms with Gasteiger partial charge in [0.05, 0.1) is 22.6 Å². The molecule has 0 saturated heterocycles. The fraction of sp³-hybridized carbons (Fsp3) is 0.0526. The highest BCUT2D eigenvalue weighted by atomic mass is 28.3. The summed E-state index contributed by atoms with van der Waals surface area (Å²) in [6.07, 6.45) is 0. The van der Waals surface area contributed by atoms with Crippen molar-refractivity contribution < 1.29 is 0 Å². The Morgan fingerprint density at radius 2 is 0.977 bits per heavy atom. The summed E-state index contributed by atoms with van der Waals surface area (Å²) in [4.78, 5) is 20.7. The van der Waals surface area contributed by atoms with Gasteiger partial charge in [-0.15, -0.1) is 0 Å². The van der Waals surface area contributed by atoms with Crippen LogP contribution in [0.25, 0.3) is 67.5 Å². The number of nitrogens with zero attached hydrogens (tertiary/aromatic N) is 4. The largest absolute Gasteiger partial charge is 0.228 e. The fourth-order valence-corrected chi connectivity index (χ4v) is 9.60. The maximum atomic E-state index is 5.30. The molecule has 5 heteroatoms. The van der Waals surface area contributed by atoms with E-state index in [2.05, 4.69) is 116 Å². The standard InChI is InChI=1S/C38H28N4Si/c1-43(2)32-23-12-10-21-30(32)35-36(43)34(26-16-7-4-8-17-26)41-38(42-35)28-19-13-18-27(24-28)37-39-31-22-11-9-20-29(31)33(40-37)25-14-5-3-6-15-25/h3-24H,1-2H3. The van der Waals surface area contributed by atoms with Crippen molar-refractivity contribution in [2.24, 2.45) is 0 Å². The van der Waals surface area contributed by atoms with E-state index < -0.39 is 8.07 Å². The van der Waals surface area contributed by atoms with Gasteiger partial charge in [0.25, 0.3) is 0 Å². The monoisotopic (exact) mass is 568 g/mol. The molecule has 0 amide bonds. The van der Waals surface area contributed by atoms with E-state index in [1.807, 2.05) is 30.3 Å². The van der Waals surface area contributed by atoms with Crippen LogP contribution in [0.4, 0.5) is 0 Å². The average Bonchev–Trinajstić information content (AvgIpc) is 3.31. The molecule has 0 atom stereocenters. The lowest BCUT2D eigenvalue weighted by atomic mass is 10.0. The molecule has 0 spiro atoms. The Morgan fingerprint density at radius 3 is 1.72 bits per heavy atom. The van der Waals surface area contributed by atoms with Crippen molar-refractivity contribution in [3.05, 3.63) is 133 Å². The van der Waals surface area contributed by atoms with Crippen LogP contribution in [0.2, 0.25) is 13.1 Å². The van der Waals surface area contributed by atoms with Crippen molar-refractivity contribution in [1.82, 2.24) is 19.9 Å². The number of aromatic nitrogens is 4. The van der Waals surface area contributed by atoms with Crippen molar-refractivity contribution in [2.75, 3.05) is 0 Å². The van der Waals surface area contributed by atoms with E-state index in [4.69, 9.17) is 19.9 Å². The summed E-state index contributed by atoms with van der Waals surface area (Å²) in [5.74, 6) is 1.40. The van der Waals surface area contributed by atoms with Gasteiger partial charge in [0, 0.05) is 27.6 Å². The maximum Gasteiger partial charge on any atom is 0.160 e. The fourth-order valence-electron chi connectivity index (χ4n) is 6.37. The van der Waals surface area contributed by atoms with Crippen molar-refractivity contribution in [2.45, 2.75) is 13.1 Å². The van der Waals surface area contributed by atoms with Crippen LogP contribution in [0.1, 0.15) is 0 Å². The molecule has 5 aromatic carbocycles. The summed E-state index contributed by atoms with van der Waals surface area (Å²) in [6, 6.07) is 46.1. The molecule has 7 aromatic rings. The van der Waals surface area contributed by atoms with Crippen LogP contribution in [-0.4, -0.2) is 28.0 Å². The molecule has 0 radical (unpaired) electrons. The average molecular weight is 569 g/mol. The van der Waals surface area contributed by atoms with Crippen molar-refractivity contribution in [3.63, 3.8) is 0 Å². The number of benzene rings is 5. The lowest BCUT2D eigenvalue weighted by molar-refractivity contribution is 1.19. The Balaban J connectivity index is 1.33. The number of fused-ring (bicyclic) bond motifs is 4. The van der Waals surface area contributed by atoms with Gasteiger partial charge in [-0.1, -0.05) is 134 Å². The zero-order chi connectivity index (χ0) is 29.0. The highest BCUT2D eigenvalue weighted by Crippen LogP contribution is 2.35. The molecule has 3 heterocycles. The Morgan fingerprint density at radius 1 is 0.442 bits per heavy atom. The van der Waals surface area contributed by atoms with Gasteiger partial charge in [-0.05, 0) is 28.1 Å². The molecule has 204 valence electrons. The third-order valence-electron chi connectivity index (χ3n) is 8.47. The number of para-hydroxylation sites is 1. The Hall–Kier alpha value is -5.26. The second kappa shape index (κ2) is 9.93. The topological polar surface area (TPSA) is 51.6 Å². The lowest BCUT2D eigenvalue weighted by Gasteiger charge is -2.21. The number of hydrogen-bond acceptors (Lipinski definition) is 4. The Kier molecular flexibility index (Phi) is 5.88. The molecule has 0 bridgehead atoms. The molecule has 0 N–H and O–H groups in total. The molecule has 43 heavy (non-hydrogen) atoms. The molecule has 2 aromatic heterocycles. The highest BCUT2D eigenvalue weighted by molar-refractivity contribution is 7.04. The van der Waals surface area contributed by atoms with E-state index in [1.165, 1.54) is 15.9 Å². The van der Waals surface area contributed by atoms with Crippen LogP contribution in [0.15, 0.2) is 133 Å². The SMILES string of the molecule is C[Si]1(C)c2ccccc2-c2nc(-c3cccc(-c4nc(-c5ccccc5)c5ccccc5n4)c3)nc(-c3ccccc3)c21. The minimum atomic E-state index is -2.01. The van der Waals surface area contributed by atoms with Crippen molar-refractivity contribution >= 4 is 29.4 Å². The summed E-state index contributed by atoms with van der Waals surface area (Å²) >= 11 is 0. The summed E-state index contributed by atoms with van der Waals surface area (Å²) in [5.41, 5.74) is 9.24. The second-order valence-electron chi connectivity index (χ2n) is 11.5. The van der Waals surface area contributed by atoms with Crippen LogP contribution in [-0.2, 0) is 0 Å². The number of rotatable bonds is 4. The van der Waals surface area contributed by atoms with Gasteiger partial charge in [-0.3, -0.25) is 0 Å². The molecular formula is C38H28N4Si. The van der Waals surface area contributed by atoms with Gasteiger partial charge in [0.1, 0.15) is 8.07 Å². The van der Waals surface area contributed by atoms with Crippen LogP contribution in [0.5, 0.6) is 0 Å². The Bertz CT molecular complexity index is 2160. The third kappa shape index (κ3) is 4.20. The first kappa shape index (κ1) is 25.4. The lowest BCUT2D eigenvalue weighted by Crippen LogP contribution is -2.50. The van der Waals surface area contributed by atoms with Gasteiger partial charge in [-0.2, -0.15) is 0 Å². The Labute approximate surface area is 251 Å². The summed E-state index contributed by atoms with van der Waals surface area (Å²) in [5, 5.41) is 3.76. The van der Waals surface area contributed by atoms with Crippen molar-refractivity contribution in [1.29, 1.82) is 0 Å². The van der Waals surface area contributed by atoms with E-state index in [0.29, 0.717) is 11.6 Å². The normalized spacial score (nSPS) is 13.1. The summed E-state index contributed by atoms with van der Waals surface area (Å²) in [6.45, 7) is 4.82. The molecule has 0 unspecified atom stereocenters. The minimum absolute atomic E-state index is 0.683. The summed E-state index contributed by atoms with van der Waals surface area (Å²) in [7, 11) is -2.01. The molecule has 0 aliphatic carbocycles. The molecular weight excluding hydrogens is 541 g/mol. The van der Waals surface area contributed by atoms with Crippen LogP contribution in [0.3, 0.4) is 0 Å². The first-order valence-electron chi connectivity index (χ1n) is 14.6. The van der Waals surface area contributed by atoms with E-state index in [9.17, 15) is 0 Å². The van der Waals surface area contributed by atoms with Gasteiger partial charge >= 0.3 is 0 Å². The van der Waals surface area contributed by atoms with E-state index >= 15 is 0 Å². The van der Waals surface area contributed by atoms with Gasteiger partial charge in [-0.25, -0.2) is 19.9 Å². The predicted molar refractivity (Wildman–Crippen MR) is 179 cm³/mol. The molecule has 8 rings (SSSR count). The smallest absolute Gasteiger partial charge is 0.160 e. The van der Waals surface area contributed by atoms with Crippen LogP contribution < -0.4 is 10.4 Å². The van der Waals surface area contributed by atoms with Crippen molar-refractivity contribution in [3.8, 4) is 56.5 Å². The first-order chi connectivity index (χ1) is 21.1. The quantitative estimate of drug-likeness (QED) is 0.203. The third-order valence-corrected chi connectivity index (χ3v) is 12.0. The molecule has 1 aliphatic heterocycles. The molecule has 1 aliphatic rings. The van der Waals surface area contributed by atoms with Gasteiger partial charge < -0.3 is 0 Å². The van der Waals surface area contributed by atoms with E-state index in [0.717, 1.165) is 50.2 Å². The second-order valence-corrected chi connectivity index (χ2v) is 15.8. The first-order valence-corrected chi connectivity index (χ1v) is 17.6. The zero-order valence-corrected chi connectivity index (χ0v) is 25.0.